The van der Waals surface area contributed by atoms with Gasteiger partial charge in [-0.25, -0.2) is 18.0 Å². The minimum absolute atomic E-state index is 0.378. The number of halogens is 5. The fraction of sp³-hybridized carbons (Fsp3) is 0.600. The molecule has 0 fully saturated rings. The van der Waals surface area contributed by atoms with Gasteiger partial charge in [0.1, 0.15) is 6.61 Å². The van der Waals surface area contributed by atoms with Crippen molar-refractivity contribution < 1.29 is 58.7 Å². The Hall–Kier alpha value is -1.80. The summed E-state index contributed by atoms with van der Waals surface area (Å²) in [6.07, 6.45) is -5.96. The standard InChI is InChI=1S/C10H11F5O8S/c1-5(2)6(16)23-9(7(17)21-3,10(13,14)15)22-4-8(11,12)24(18,19)20/h1,4H2,2-3H3,(H,18,19,20)/p-1. The van der Waals surface area contributed by atoms with Crippen molar-refractivity contribution in [3.05, 3.63) is 12.2 Å². The van der Waals surface area contributed by atoms with E-state index in [0.29, 0.717) is 7.11 Å². The number of carbonyl (C=O) groups is 2. The number of rotatable bonds is 7. The fourth-order valence-corrected chi connectivity index (χ4v) is 1.20. The maximum absolute atomic E-state index is 13.1. The van der Waals surface area contributed by atoms with Crippen molar-refractivity contribution in [3.63, 3.8) is 0 Å². The largest absolute Gasteiger partial charge is 0.743 e. The van der Waals surface area contributed by atoms with Crippen molar-refractivity contribution in [1.29, 1.82) is 0 Å². The molecule has 0 bridgehead atoms. The van der Waals surface area contributed by atoms with E-state index in [0.717, 1.165) is 6.92 Å². The molecule has 0 radical (unpaired) electrons. The van der Waals surface area contributed by atoms with Crippen LogP contribution in [0.1, 0.15) is 6.92 Å². The highest BCUT2D eigenvalue weighted by Gasteiger charge is 2.68. The maximum atomic E-state index is 13.1. The van der Waals surface area contributed by atoms with Crippen molar-refractivity contribution >= 4 is 22.1 Å². The van der Waals surface area contributed by atoms with Crippen molar-refractivity contribution in [3.8, 4) is 0 Å². The molecule has 140 valence electrons. The lowest BCUT2D eigenvalue weighted by Gasteiger charge is -2.33. The summed E-state index contributed by atoms with van der Waals surface area (Å²) < 4.78 is 107. The number of ether oxygens (including phenoxy) is 3. The molecule has 0 aromatic rings. The molecular formula is C10H10F5O8S-. The summed E-state index contributed by atoms with van der Waals surface area (Å²) in [6, 6.07) is 0. The van der Waals surface area contributed by atoms with Crippen LogP contribution in [-0.2, 0) is 33.9 Å². The molecule has 1 atom stereocenters. The zero-order chi connectivity index (χ0) is 19.6. The Morgan fingerprint density at radius 2 is 1.62 bits per heavy atom. The summed E-state index contributed by atoms with van der Waals surface area (Å²) in [5.41, 5.74) is -0.681. The normalized spacial score (nSPS) is 15.3. The molecule has 0 aliphatic rings. The molecule has 0 spiro atoms. The zero-order valence-electron chi connectivity index (χ0n) is 12.0. The minimum atomic E-state index is -6.43. The first-order valence-corrected chi connectivity index (χ1v) is 6.94. The van der Waals surface area contributed by atoms with Crippen LogP contribution in [0.3, 0.4) is 0 Å². The van der Waals surface area contributed by atoms with Gasteiger partial charge in [-0.15, -0.1) is 0 Å². The lowest BCUT2D eigenvalue weighted by molar-refractivity contribution is -0.359. The number of esters is 2. The monoisotopic (exact) mass is 385 g/mol. The molecule has 0 aliphatic carbocycles. The number of carbonyl (C=O) groups excluding carboxylic acids is 2. The Balaban J connectivity index is 5.99. The summed E-state index contributed by atoms with van der Waals surface area (Å²) in [5, 5.41) is -5.35. The quantitative estimate of drug-likeness (QED) is 0.206. The number of hydrogen-bond donors (Lipinski definition) is 0. The molecule has 1 unspecified atom stereocenters. The molecule has 0 aliphatic heterocycles. The Labute approximate surface area is 131 Å². The van der Waals surface area contributed by atoms with E-state index in [1.165, 1.54) is 0 Å². The van der Waals surface area contributed by atoms with E-state index in [1.807, 2.05) is 0 Å². The second-order valence-electron chi connectivity index (χ2n) is 4.16. The minimum Gasteiger partial charge on any atom is -0.743 e. The smallest absolute Gasteiger partial charge is 0.468 e. The van der Waals surface area contributed by atoms with E-state index >= 15 is 0 Å². The van der Waals surface area contributed by atoms with Gasteiger partial charge < -0.3 is 18.8 Å². The van der Waals surface area contributed by atoms with E-state index in [4.69, 9.17) is 0 Å². The average Bonchev–Trinajstić information content (AvgIpc) is 2.39. The second kappa shape index (κ2) is 6.98. The molecule has 0 saturated heterocycles. The molecule has 0 N–H and O–H groups in total. The summed E-state index contributed by atoms with van der Waals surface area (Å²) >= 11 is 0. The van der Waals surface area contributed by atoms with Gasteiger partial charge in [0.15, 0.2) is 10.1 Å². The van der Waals surface area contributed by atoms with E-state index in [-0.39, 0.29) is 0 Å². The van der Waals surface area contributed by atoms with Crippen LogP contribution in [-0.4, -0.2) is 55.8 Å². The molecular weight excluding hydrogens is 375 g/mol. The van der Waals surface area contributed by atoms with Gasteiger partial charge in [-0.05, 0) is 6.92 Å². The van der Waals surface area contributed by atoms with Crippen LogP contribution in [0, 0.1) is 0 Å². The van der Waals surface area contributed by atoms with Crippen molar-refractivity contribution in [2.24, 2.45) is 0 Å². The molecule has 14 heteroatoms. The summed E-state index contributed by atoms with van der Waals surface area (Å²) in [6.45, 7) is 1.03. The molecule has 0 amide bonds. The first kappa shape index (κ1) is 22.2. The van der Waals surface area contributed by atoms with Crippen LogP contribution in [0.5, 0.6) is 0 Å². The van der Waals surface area contributed by atoms with Crippen LogP contribution >= 0.6 is 0 Å². The molecule has 0 aromatic carbocycles. The van der Waals surface area contributed by atoms with Gasteiger partial charge in [0.05, 0.1) is 7.11 Å². The molecule has 0 saturated carbocycles. The van der Waals surface area contributed by atoms with E-state index in [2.05, 4.69) is 20.8 Å². The summed E-state index contributed by atoms with van der Waals surface area (Å²) in [7, 11) is -6.06. The molecule has 0 rings (SSSR count). The van der Waals surface area contributed by atoms with Crippen molar-refractivity contribution in [2.75, 3.05) is 13.7 Å². The third-order valence-corrected chi connectivity index (χ3v) is 3.07. The van der Waals surface area contributed by atoms with Crippen LogP contribution < -0.4 is 0 Å². The SMILES string of the molecule is C=C(C)C(=O)OC(OCC(F)(F)S(=O)(=O)[O-])(C(=O)OC)C(F)(F)F. The zero-order valence-corrected chi connectivity index (χ0v) is 12.8. The first-order valence-electron chi connectivity index (χ1n) is 5.53. The van der Waals surface area contributed by atoms with Gasteiger partial charge in [0.2, 0.25) is 0 Å². The number of alkyl halides is 5. The summed E-state index contributed by atoms with van der Waals surface area (Å²) in [5.74, 6) is -9.11. The average molecular weight is 385 g/mol. The van der Waals surface area contributed by atoms with Crippen molar-refractivity contribution in [1.82, 2.24) is 0 Å². The molecule has 24 heavy (non-hydrogen) atoms. The van der Waals surface area contributed by atoms with Gasteiger partial charge in [-0.3, -0.25) is 0 Å². The highest BCUT2D eigenvalue weighted by Crippen LogP contribution is 2.38. The fourth-order valence-electron chi connectivity index (χ4n) is 0.995. The van der Waals surface area contributed by atoms with E-state index in [9.17, 15) is 44.5 Å². The third-order valence-electron chi connectivity index (χ3n) is 2.22. The Morgan fingerprint density at radius 3 is 1.92 bits per heavy atom. The van der Waals surface area contributed by atoms with Gasteiger partial charge in [-0.1, -0.05) is 6.58 Å². The van der Waals surface area contributed by atoms with Crippen LogP contribution in [0.2, 0.25) is 0 Å². The summed E-state index contributed by atoms with van der Waals surface area (Å²) in [4.78, 5) is 22.6. The van der Waals surface area contributed by atoms with Gasteiger partial charge in [-0.2, -0.15) is 22.0 Å². The molecule has 0 heterocycles. The van der Waals surface area contributed by atoms with Crippen LogP contribution in [0.4, 0.5) is 22.0 Å². The molecule has 8 nitrogen and oxygen atoms in total. The van der Waals surface area contributed by atoms with E-state index in [1.54, 1.807) is 0 Å². The number of methoxy groups -OCH3 is 1. The van der Waals surface area contributed by atoms with Crippen molar-refractivity contribution in [2.45, 2.75) is 24.1 Å². The first-order chi connectivity index (χ1) is 10.5. The predicted molar refractivity (Wildman–Crippen MR) is 62.3 cm³/mol. The highest BCUT2D eigenvalue weighted by molar-refractivity contribution is 7.86. The Morgan fingerprint density at radius 1 is 1.17 bits per heavy atom. The Kier molecular flexibility index (Phi) is 6.46. The second-order valence-corrected chi connectivity index (χ2v) is 5.66. The van der Waals surface area contributed by atoms with Gasteiger partial charge in [0.25, 0.3) is 0 Å². The van der Waals surface area contributed by atoms with Gasteiger partial charge >= 0.3 is 29.2 Å². The molecule has 0 aromatic heterocycles. The highest BCUT2D eigenvalue weighted by atomic mass is 32.2. The van der Waals surface area contributed by atoms with Gasteiger partial charge in [0, 0.05) is 5.57 Å². The Bertz CT molecular complexity index is 626. The van der Waals surface area contributed by atoms with Crippen LogP contribution in [0.15, 0.2) is 12.2 Å². The number of hydrogen-bond acceptors (Lipinski definition) is 8. The third kappa shape index (κ3) is 4.61. The lowest BCUT2D eigenvalue weighted by atomic mass is 10.2. The van der Waals surface area contributed by atoms with E-state index < -0.39 is 51.5 Å². The van der Waals surface area contributed by atoms with Crippen LogP contribution in [0.25, 0.3) is 0 Å². The maximum Gasteiger partial charge on any atom is 0.468 e. The predicted octanol–water partition coefficient (Wildman–Crippen LogP) is 0.692. The topological polar surface area (TPSA) is 119 Å². The lowest BCUT2D eigenvalue weighted by Crippen LogP contribution is -2.59.